The van der Waals surface area contributed by atoms with E-state index in [1.807, 2.05) is 0 Å². The van der Waals surface area contributed by atoms with Crippen molar-refractivity contribution in [3.63, 3.8) is 0 Å². The highest BCUT2D eigenvalue weighted by Gasteiger charge is 2.38. The molecule has 2 heterocycles. The summed E-state index contributed by atoms with van der Waals surface area (Å²) in [5.41, 5.74) is -0.0809. The van der Waals surface area contributed by atoms with E-state index < -0.39 is 29.4 Å². The van der Waals surface area contributed by atoms with Crippen molar-refractivity contribution in [3.8, 4) is 11.3 Å². The van der Waals surface area contributed by atoms with E-state index in [2.05, 4.69) is 5.32 Å². The number of nitrogens with zero attached hydrogens (tertiary/aromatic N) is 1. The summed E-state index contributed by atoms with van der Waals surface area (Å²) >= 11 is 18.3. The summed E-state index contributed by atoms with van der Waals surface area (Å²) in [5.74, 6) is -2.70. The number of furan rings is 1. The van der Waals surface area contributed by atoms with Crippen LogP contribution in [0.2, 0.25) is 15.1 Å². The van der Waals surface area contributed by atoms with E-state index in [9.17, 15) is 24.3 Å². The van der Waals surface area contributed by atoms with E-state index in [0.717, 1.165) is 6.08 Å². The number of carboxylic acids is 1. The molecule has 0 unspecified atom stereocenters. The number of amides is 4. The predicted octanol–water partition coefficient (Wildman–Crippen LogP) is 5.27. The minimum atomic E-state index is -1.14. The first-order chi connectivity index (χ1) is 15.7. The first-order valence-corrected chi connectivity index (χ1v) is 10.3. The topological polar surface area (TPSA) is 117 Å². The Balaban J connectivity index is 1.72. The maximum absolute atomic E-state index is 13.0. The van der Waals surface area contributed by atoms with Gasteiger partial charge in [-0.15, -0.1) is 0 Å². The molecule has 1 aliphatic rings. The number of aromatic carboxylic acids is 1. The molecule has 0 spiro atoms. The first kappa shape index (κ1) is 22.6. The summed E-state index contributed by atoms with van der Waals surface area (Å²) in [6, 6.07) is 10.5. The summed E-state index contributed by atoms with van der Waals surface area (Å²) in [5, 5.41) is 11.6. The fraction of sp³-hybridized carbons (Fsp3) is 0. The van der Waals surface area contributed by atoms with Gasteiger partial charge in [0.2, 0.25) is 0 Å². The van der Waals surface area contributed by atoms with Gasteiger partial charge in [0.15, 0.2) is 0 Å². The van der Waals surface area contributed by atoms with Crippen LogP contribution in [-0.2, 0) is 9.59 Å². The van der Waals surface area contributed by atoms with E-state index in [1.54, 1.807) is 0 Å². The van der Waals surface area contributed by atoms with Crippen molar-refractivity contribution < 1.29 is 28.7 Å². The second-order valence-electron chi connectivity index (χ2n) is 6.73. The molecule has 1 saturated heterocycles. The molecule has 0 saturated carbocycles. The molecule has 33 heavy (non-hydrogen) atoms. The van der Waals surface area contributed by atoms with Crippen molar-refractivity contribution >= 4 is 70.4 Å². The lowest BCUT2D eigenvalue weighted by Gasteiger charge is -2.27. The van der Waals surface area contributed by atoms with E-state index in [-0.39, 0.29) is 37.8 Å². The maximum Gasteiger partial charge on any atom is 0.336 e. The molecule has 0 bridgehead atoms. The second kappa shape index (κ2) is 8.74. The molecule has 4 rings (SSSR count). The molecular weight excluding hydrogens is 495 g/mol. The van der Waals surface area contributed by atoms with Crippen LogP contribution in [0, 0.1) is 0 Å². The third-order valence-corrected chi connectivity index (χ3v) is 5.80. The van der Waals surface area contributed by atoms with Gasteiger partial charge in [-0.25, -0.2) is 14.5 Å². The zero-order valence-electron chi connectivity index (χ0n) is 16.3. The number of benzene rings is 2. The molecule has 0 radical (unpaired) electrons. The summed E-state index contributed by atoms with van der Waals surface area (Å²) in [6.07, 6.45) is 1.15. The lowest BCUT2D eigenvalue weighted by Crippen LogP contribution is -2.54. The number of carbonyl (C=O) groups is 4. The number of carboxylic acid groups (broad SMARTS) is 1. The number of halogens is 3. The minimum absolute atomic E-state index is 0.0000884. The highest BCUT2D eigenvalue weighted by molar-refractivity contribution is 6.46. The molecule has 4 amide bonds. The van der Waals surface area contributed by atoms with E-state index in [1.165, 1.54) is 48.5 Å². The van der Waals surface area contributed by atoms with Gasteiger partial charge in [-0.3, -0.25) is 14.9 Å². The van der Waals surface area contributed by atoms with Gasteiger partial charge in [-0.2, -0.15) is 0 Å². The minimum Gasteiger partial charge on any atom is -0.478 e. The number of hydrogen-bond donors (Lipinski definition) is 2. The number of imide groups is 2. The van der Waals surface area contributed by atoms with Crippen LogP contribution >= 0.6 is 34.8 Å². The monoisotopic (exact) mass is 504 g/mol. The van der Waals surface area contributed by atoms with Crippen molar-refractivity contribution in [1.29, 1.82) is 0 Å². The molecule has 1 aliphatic heterocycles. The Hall–Kier alpha value is -3.59. The summed E-state index contributed by atoms with van der Waals surface area (Å²) in [6.45, 7) is 0. The third-order valence-electron chi connectivity index (χ3n) is 4.67. The fourth-order valence-corrected chi connectivity index (χ4v) is 3.70. The number of rotatable bonds is 4. The number of anilines is 1. The van der Waals surface area contributed by atoms with Crippen LogP contribution in [0.15, 0.2) is 58.5 Å². The Bertz CT molecular complexity index is 1380. The van der Waals surface area contributed by atoms with Gasteiger partial charge in [0.05, 0.1) is 26.3 Å². The Morgan fingerprint density at radius 2 is 1.76 bits per heavy atom. The molecular formula is C22H11Cl3N2O6. The summed E-state index contributed by atoms with van der Waals surface area (Å²) in [7, 11) is 0. The number of hydrogen-bond acceptors (Lipinski definition) is 5. The Morgan fingerprint density at radius 3 is 2.48 bits per heavy atom. The molecule has 1 fully saturated rings. The van der Waals surface area contributed by atoms with Crippen LogP contribution in [0.1, 0.15) is 16.1 Å². The zero-order chi connectivity index (χ0) is 23.9. The maximum atomic E-state index is 13.0. The normalized spacial score (nSPS) is 15.2. The van der Waals surface area contributed by atoms with Gasteiger partial charge in [-0.05, 0) is 48.5 Å². The smallest absolute Gasteiger partial charge is 0.336 e. The number of nitrogens with one attached hydrogen (secondary N) is 1. The fourth-order valence-electron chi connectivity index (χ4n) is 3.11. The van der Waals surface area contributed by atoms with Gasteiger partial charge in [0, 0.05) is 5.56 Å². The molecule has 166 valence electrons. The SMILES string of the molecule is O=C1NC(=O)N(c2cccc(Cl)c2Cl)C(=O)/C1=C/c1ccc(-c2cc(C(=O)O)ccc2Cl)o1. The van der Waals surface area contributed by atoms with Crippen LogP contribution < -0.4 is 10.2 Å². The number of barbiturate groups is 1. The molecule has 8 nitrogen and oxygen atoms in total. The zero-order valence-corrected chi connectivity index (χ0v) is 18.5. The van der Waals surface area contributed by atoms with Crippen LogP contribution in [-0.4, -0.2) is 28.9 Å². The molecule has 11 heteroatoms. The van der Waals surface area contributed by atoms with Crippen LogP contribution in [0.3, 0.4) is 0 Å². The molecule has 2 aromatic carbocycles. The van der Waals surface area contributed by atoms with E-state index in [4.69, 9.17) is 39.2 Å². The molecule has 3 aromatic rings. The van der Waals surface area contributed by atoms with Gasteiger partial charge < -0.3 is 9.52 Å². The van der Waals surface area contributed by atoms with E-state index >= 15 is 0 Å². The van der Waals surface area contributed by atoms with Gasteiger partial charge in [-0.1, -0.05) is 40.9 Å². The standard InChI is InChI=1S/C22H11Cl3N2O6/c23-14-6-4-10(21(30)31)8-12(14)17-7-5-11(33-17)9-13-19(28)26-22(32)27(20(13)29)16-3-1-2-15(24)18(16)25/h1-9H,(H,30,31)(H,26,28,32)/b13-9+. The van der Waals surface area contributed by atoms with Crippen LogP contribution in [0.25, 0.3) is 17.4 Å². The average molecular weight is 506 g/mol. The molecule has 2 N–H and O–H groups in total. The third kappa shape index (κ3) is 4.23. The van der Waals surface area contributed by atoms with Gasteiger partial charge in [0.25, 0.3) is 11.8 Å². The quantitative estimate of drug-likeness (QED) is 0.368. The van der Waals surface area contributed by atoms with Crippen molar-refractivity contribution in [2.45, 2.75) is 0 Å². The Labute approximate surface area is 200 Å². The largest absolute Gasteiger partial charge is 0.478 e. The second-order valence-corrected chi connectivity index (χ2v) is 7.92. The molecule has 1 aromatic heterocycles. The lowest BCUT2D eigenvalue weighted by atomic mass is 10.1. The number of carbonyl (C=O) groups excluding carboxylic acids is 3. The molecule has 0 atom stereocenters. The van der Waals surface area contributed by atoms with Crippen LogP contribution in [0.5, 0.6) is 0 Å². The molecule has 0 aliphatic carbocycles. The lowest BCUT2D eigenvalue weighted by molar-refractivity contribution is -0.122. The number of urea groups is 1. The van der Waals surface area contributed by atoms with Crippen molar-refractivity contribution in [2.75, 3.05) is 4.90 Å². The highest BCUT2D eigenvalue weighted by atomic mass is 35.5. The average Bonchev–Trinajstić information content (AvgIpc) is 3.22. The van der Waals surface area contributed by atoms with Crippen molar-refractivity contribution in [1.82, 2.24) is 5.32 Å². The highest BCUT2D eigenvalue weighted by Crippen LogP contribution is 2.35. The first-order valence-electron chi connectivity index (χ1n) is 9.16. The van der Waals surface area contributed by atoms with Gasteiger partial charge >= 0.3 is 12.0 Å². The Kier molecular flexibility index (Phi) is 5.99. The van der Waals surface area contributed by atoms with Crippen LogP contribution in [0.4, 0.5) is 10.5 Å². The van der Waals surface area contributed by atoms with Crippen molar-refractivity contribution in [2.24, 2.45) is 0 Å². The van der Waals surface area contributed by atoms with Crippen molar-refractivity contribution in [3.05, 3.63) is 80.5 Å². The summed E-state index contributed by atoms with van der Waals surface area (Å²) in [4.78, 5) is 49.7. The summed E-state index contributed by atoms with van der Waals surface area (Å²) < 4.78 is 5.66. The van der Waals surface area contributed by atoms with E-state index in [0.29, 0.717) is 10.5 Å². The van der Waals surface area contributed by atoms with Gasteiger partial charge in [0.1, 0.15) is 17.1 Å². The Morgan fingerprint density at radius 1 is 1.00 bits per heavy atom. The predicted molar refractivity (Wildman–Crippen MR) is 122 cm³/mol.